The summed E-state index contributed by atoms with van der Waals surface area (Å²) in [6.07, 6.45) is 7.10. The molecule has 2 fully saturated rings. The maximum absolute atomic E-state index is 12.0. The van der Waals surface area contributed by atoms with Crippen molar-refractivity contribution in [3.63, 3.8) is 0 Å². The van der Waals surface area contributed by atoms with Gasteiger partial charge in [-0.3, -0.25) is 9.69 Å². The van der Waals surface area contributed by atoms with Crippen molar-refractivity contribution in [1.82, 2.24) is 10.2 Å². The van der Waals surface area contributed by atoms with E-state index in [1.165, 1.54) is 19.3 Å². The molecule has 0 bridgehead atoms. The summed E-state index contributed by atoms with van der Waals surface area (Å²) in [5.41, 5.74) is 0. The van der Waals surface area contributed by atoms with Crippen molar-refractivity contribution in [2.45, 2.75) is 64.0 Å². The van der Waals surface area contributed by atoms with E-state index in [1.807, 2.05) is 6.92 Å². The Morgan fingerprint density at radius 3 is 2.48 bits per heavy atom. The van der Waals surface area contributed by atoms with Gasteiger partial charge < -0.3 is 5.32 Å². The molecule has 1 aliphatic heterocycles. The van der Waals surface area contributed by atoms with E-state index in [0.717, 1.165) is 19.4 Å². The molecule has 1 heterocycles. The average Bonchev–Trinajstić information content (AvgIpc) is 2.81. The van der Waals surface area contributed by atoms with Crippen molar-refractivity contribution in [3.8, 4) is 0 Å². The number of hydrogen-bond acceptors (Lipinski definition) is 4. The van der Waals surface area contributed by atoms with Crippen LogP contribution in [-0.2, 0) is 14.6 Å². The van der Waals surface area contributed by atoms with Crippen molar-refractivity contribution in [2.75, 3.05) is 24.6 Å². The molecular formula is C15H28N2O3S. The third-order valence-electron chi connectivity index (χ3n) is 4.73. The zero-order valence-corrected chi connectivity index (χ0v) is 13.8. The van der Waals surface area contributed by atoms with E-state index in [-0.39, 0.29) is 17.7 Å². The van der Waals surface area contributed by atoms with Gasteiger partial charge in [0.25, 0.3) is 0 Å². The topological polar surface area (TPSA) is 66.5 Å². The quantitative estimate of drug-likeness (QED) is 0.803. The predicted molar refractivity (Wildman–Crippen MR) is 83.9 cm³/mol. The van der Waals surface area contributed by atoms with E-state index >= 15 is 0 Å². The van der Waals surface area contributed by atoms with Crippen molar-refractivity contribution < 1.29 is 13.2 Å². The first-order valence-corrected chi connectivity index (χ1v) is 10.1. The Morgan fingerprint density at radius 1 is 1.19 bits per heavy atom. The minimum absolute atomic E-state index is 0.0995. The molecule has 1 unspecified atom stereocenters. The van der Waals surface area contributed by atoms with E-state index in [4.69, 9.17) is 0 Å². The fourth-order valence-corrected chi connectivity index (χ4v) is 5.22. The highest BCUT2D eigenvalue weighted by Crippen LogP contribution is 2.19. The lowest BCUT2D eigenvalue weighted by atomic mass is 9.95. The first-order valence-electron chi connectivity index (χ1n) is 8.24. The van der Waals surface area contributed by atoms with Crippen LogP contribution in [0.5, 0.6) is 0 Å². The van der Waals surface area contributed by atoms with Crippen LogP contribution >= 0.6 is 0 Å². The van der Waals surface area contributed by atoms with Gasteiger partial charge in [0.2, 0.25) is 5.91 Å². The molecule has 0 spiro atoms. The molecule has 1 saturated heterocycles. The van der Waals surface area contributed by atoms with Crippen LogP contribution in [0.4, 0.5) is 0 Å². The van der Waals surface area contributed by atoms with Crippen LogP contribution in [0.3, 0.4) is 0 Å². The number of carbonyl (C=O) groups is 1. The molecule has 122 valence electrons. The molecule has 1 saturated carbocycles. The lowest BCUT2D eigenvalue weighted by Crippen LogP contribution is -2.41. The zero-order valence-electron chi connectivity index (χ0n) is 13.0. The number of nitrogens with one attached hydrogen (secondary N) is 1. The summed E-state index contributed by atoms with van der Waals surface area (Å²) in [5, 5.41) is 3.12. The minimum atomic E-state index is -2.85. The van der Waals surface area contributed by atoms with Crippen LogP contribution in [0.1, 0.15) is 51.9 Å². The molecule has 2 aliphatic rings. The average molecular weight is 316 g/mol. The molecule has 0 radical (unpaired) electrons. The Bertz CT molecular complexity index is 444. The summed E-state index contributed by atoms with van der Waals surface area (Å²) in [6, 6.07) is 0.454. The van der Waals surface area contributed by atoms with E-state index in [9.17, 15) is 13.2 Å². The molecule has 6 heteroatoms. The fourth-order valence-electron chi connectivity index (χ4n) is 3.45. The number of rotatable bonds is 6. The van der Waals surface area contributed by atoms with E-state index in [2.05, 4.69) is 10.2 Å². The lowest BCUT2D eigenvalue weighted by Gasteiger charge is -2.27. The normalized spacial score (nSPS) is 26.1. The first kappa shape index (κ1) is 16.7. The highest BCUT2D eigenvalue weighted by Gasteiger charge is 2.31. The van der Waals surface area contributed by atoms with Crippen LogP contribution in [-0.4, -0.2) is 55.9 Å². The number of carbonyl (C=O) groups excluding carboxylic acids is 1. The highest BCUT2D eigenvalue weighted by atomic mass is 32.2. The molecule has 0 aromatic rings. The smallest absolute Gasteiger partial charge is 0.221 e. The summed E-state index contributed by atoms with van der Waals surface area (Å²) in [6.45, 7) is 3.50. The molecule has 21 heavy (non-hydrogen) atoms. The van der Waals surface area contributed by atoms with Gasteiger partial charge in [-0.05, 0) is 25.8 Å². The summed E-state index contributed by atoms with van der Waals surface area (Å²) < 4.78 is 23.1. The van der Waals surface area contributed by atoms with Gasteiger partial charge in [0.05, 0.1) is 11.5 Å². The third kappa shape index (κ3) is 5.25. The maximum Gasteiger partial charge on any atom is 0.221 e. The van der Waals surface area contributed by atoms with Crippen LogP contribution in [0.2, 0.25) is 0 Å². The summed E-state index contributed by atoms with van der Waals surface area (Å²) >= 11 is 0. The molecule has 1 N–H and O–H groups in total. The number of amides is 1. The van der Waals surface area contributed by atoms with Crippen LogP contribution < -0.4 is 5.32 Å². The molecular weight excluding hydrogens is 288 g/mol. The van der Waals surface area contributed by atoms with Crippen molar-refractivity contribution in [1.29, 1.82) is 0 Å². The molecule has 1 amide bonds. The van der Waals surface area contributed by atoms with Crippen molar-refractivity contribution >= 4 is 15.7 Å². The Morgan fingerprint density at radius 2 is 1.90 bits per heavy atom. The Balaban J connectivity index is 1.73. The largest absolute Gasteiger partial charge is 0.353 e. The first-order chi connectivity index (χ1) is 10.00. The van der Waals surface area contributed by atoms with Gasteiger partial charge in [-0.1, -0.05) is 26.2 Å². The van der Waals surface area contributed by atoms with Crippen LogP contribution in [0.25, 0.3) is 0 Å². The maximum atomic E-state index is 12.0. The molecule has 1 atom stereocenters. The Kier molecular flexibility index (Phi) is 6.05. The van der Waals surface area contributed by atoms with Gasteiger partial charge in [-0.15, -0.1) is 0 Å². The second-order valence-electron chi connectivity index (χ2n) is 6.34. The summed E-state index contributed by atoms with van der Waals surface area (Å²) in [7, 11) is -2.85. The van der Waals surface area contributed by atoms with E-state index in [0.29, 0.717) is 31.2 Å². The number of nitrogens with zero attached hydrogens (tertiary/aromatic N) is 1. The van der Waals surface area contributed by atoms with Crippen LogP contribution in [0.15, 0.2) is 0 Å². The van der Waals surface area contributed by atoms with Gasteiger partial charge in [0.1, 0.15) is 0 Å². The predicted octanol–water partition coefficient (Wildman–Crippen LogP) is 1.33. The number of sulfone groups is 1. The summed E-state index contributed by atoms with van der Waals surface area (Å²) in [4.78, 5) is 14.2. The second-order valence-corrected chi connectivity index (χ2v) is 8.57. The molecule has 2 rings (SSSR count). The lowest BCUT2D eigenvalue weighted by molar-refractivity contribution is -0.122. The molecule has 5 nitrogen and oxygen atoms in total. The highest BCUT2D eigenvalue weighted by molar-refractivity contribution is 7.91. The Hall–Kier alpha value is -0.620. The molecule has 0 aromatic carbocycles. The van der Waals surface area contributed by atoms with Gasteiger partial charge in [0.15, 0.2) is 9.84 Å². The fraction of sp³-hybridized carbons (Fsp3) is 0.933. The Labute approximate surface area is 128 Å². The van der Waals surface area contributed by atoms with Gasteiger partial charge in [0, 0.05) is 25.0 Å². The van der Waals surface area contributed by atoms with Gasteiger partial charge >= 0.3 is 0 Å². The minimum Gasteiger partial charge on any atom is -0.353 e. The zero-order chi connectivity index (χ0) is 15.3. The third-order valence-corrected chi connectivity index (χ3v) is 6.48. The van der Waals surface area contributed by atoms with E-state index < -0.39 is 9.84 Å². The molecule has 1 aliphatic carbocycles. The standard InChI is InChI=1S/C15H28N2O3S/c1-2-17(14-9-11-21(19,20)12-14)10-8-15(18)16-13-6-4-3-5-7-13/h13-14H,2-12H2,1H3,(H,16,18). The van der Waals surface area contributed by atoms with Crippen molar-refractivity contribution in [3.05, 3.63) is 0 Å². The van der Waals surface area contributed by atoms with Crippen LogP contribution in [0, 0.1) is 0 Å². The van der Waals surface area contributed by atoms with Gasteiger partial charge in [-0.2, -0.15) is 0 Å². The van der Waals surface area contributed by atoms with E-state index in [1.54, 1.807) is 0 Å². The van der Waals surface area contributed by atoms with Gasteiger partial charge in [-0.25, -0.2) is 8.42 Å². The van der Waals surface area contributed by atoms with Crippen molar-refractivity contribution in [2.24, 2.45) is 0 Å². The second kappa shape index (κ2) is 7.58. The summed E-state index contributed by atoms with van der Waals surface area (Å²) in [5.74, 6) is 0.661. The monoisotopic (exact) mass is 316 g/mol. The SMILES string of the molecule is CCN(CCC(=O)NC1CCCCC1)C1CCS(=O)(=O)C1. The number of hydrogen-bond donors (Lipinski definition) is 1. The molecule has 0 aromatic heterocycles.